The molecule has 0 unspecified atom stereocenters. The summed E-state index contributed by atoms with van der Waals surface area (Å²) in [5.74, 6) is 1.99. The molecule has 1 fully saturated rings. The highest BCUT2D eigenvalue weighted by atomic mass is 32.2. The number of hydrogen-bond donors (Lipinski definition) is 3. The van der Waals surface area contributed by atoms with Crippen molar-refractivity contribution in [3.8, 4) is 23.0 Å². The molecule has 1 aliphatic rings. The fourth-order valence-corrected chi connectivity index (χ4v) is 7.80. The summed E-state index contributed by atoms with van der Waals surface area (Å²) < 4.78 is 44.5. The number of urea groups is 1. The number of carbonyl (C=O) groups is 2. The summed E-state index contributed by atoms with van der Waals surface area (Å²) in [5, 5.41) is 7.31. The van der Waals surface area contributed by atoms with Crippen LogP contribution in [0.4, 0.5) is 21.9 Å². The lowest BCUT2D eigenvalue weighted by Gasteiger charge is -2.32. The Kier molecular flexibility index (Phi) is 14.0. The Labute approximate surface area is 353 Å². The number of methoxy groups -OCH3 is 2. The lowest BCUT2D eigenvalue weighted by Crippen LogP contribution is -2.44. The molecule has 5 aromatic rings. The summed E-state index contributed by atoms with van der Waals surface area (Å²) in [6.45, 7) is 11.3. The van der Waals surface area contributed by atoms with Crippen molar-refractivity contribution < 1.29 is 32.2 Å². The number of anilines is 3. The molecule has 60 heavy (non-hydrogen) atoms. The van der Waals surface area contributed by atoms with Gasteiger partial charge in [0.1, 0.15) is 17.2 Å². The number of likely N-dealkylation sites (N-methyl/N-ethyl adjacent to an activating group) is 1. The average Bonchev–Trinajstić information content (AvgIpc) is 3.20. The third-order valence-electron chi connectivity index (χ3n) is 10.5. The molecule has 1 aliphatic heterocycles. The van der Waals surface area contributed by atoms with Crippen LogP contribution in [0.25, 0.3) is 10.8 Å². The maximum Gasteiger partial charge on any atom is 0.323 e. The van der Waals surface area contributed by atoms with Crippen molar-refractivity contribution in [1.29, 1.82) is 0 Å². The number of nitrogens with zero attached hydrogens (tertiary/aromatic N) is 3. The zero-order valence-corrected chi connectivity index (χ0v) is 36.4. The molecule has 6 rings (SSSR count). The van der Waals surface area contributed by atoms with Gasteiger partial charge in [-0.1, -0.05) is 51.1 Å². The van der Waals surface area contributed by atoms with Gasteiger partial charge >= 0.3 is 6.03 Å². The van der Waals surface area contributed by atoms with Gasteiger partial charge in [0.05, 0.1) is 43.1 Å². The topological polar surface area (TPSA) is 151 Å². The predicted octanol–water partition coefficient (Wildman–Crippen LogP) is 8.55. The summed E-state index contributed by atoms with van der Waals surface area (Å²) in [4.78, 5) is 36.1. The Balaban J connectivity index is 1.12. The molecule has 0 aliphatic carbocycles. The first-order valence-electron chi connectivity index (χ1n) is 20.1. The first kappa shape index (κ1) is 43.9. The maximum absolute atomic E-state index is 13.5. The van der Waals surface area contributed by atoms with Gasteiger partial charge < -0.3 is 34.6 Å². The highest BCUT2D eigenvalue weighted by Crippen LogP contribution is 2.40. The quantitative estimate of drug-likeness (QED) is 0.0652. The minimum absolute atomic E-state index is 0.0866. The van der Waals surface area contributed by atoms with E-state index in [0.717, 1.165) is 79.4 Å². The third kappa shape index (κ3) is 11.5. The number of pyridine rings is 1. The number of sulfonamides is 1. The van der Waals surface area contributed by atoms with Gasteiger partial charge in [0.25, 0.3) is 0 Å². The van der Waals surface area contributed by atoms with Gasteiger partial charge in [-0.3, -0.25) is 14.5 Å². The Morgan fingerprint density at radius 1 is 0.800 bits per heavy atom. The normalized spacial score (nSPS) is 13.8. The molecule has 1 saturated heterocycles. The molecule has 3 N–H and O–H groups in total. The van der Waals surface area contributed by atoms with Crippen LogP contribution in [0.1, 0.15) is 67.2 Å². The van der Waals surface area contributed by atoms with Crippen molar-refractivity contribution in [3.05, 3.63) is 107 Å². The van der Waals surface area contributed by atoms with Crippen LogP contribution in [-0.4, -0.2) is 95.3 Å². The molecule has 0 atom stereocenters. The van der Waals surface area contributed by atoms with Crippen molar-refractivity contribution in [1.82, 2.24) is 14.8 Å². The number of amides is 2. The number of nitrogens with one attached hydrogen (secondary N) is 3. The molecule has 2 heterocycles. The Bertz CT molecular complexity index is 2440. The molecule has 0 spiro atoms. The molecule has 318 valence electrons. The lowest BCUT2D eigenvalue weighted by atomic mass is 9.86. The summed E-state index contributed by atoms with van der Waals surface area (Å²) in [5.41, 5.74) is 3.81. The number of fused-ring (bicyclic) bond motifs is 1. The second kappa shape index (κ2) is 19.1. The summed E-state index contributed by atoms with van der Waals surface area (Å²) >= 11 is 0. The van der Waals surface area contributed by atoms with E-state index in [1.165, 1.54) is 7.11 Å². The number of aromatic nitrogens is 1. The van der Waals surface area contributed by atoms with E-state index in [2.05, 4.69) is 37.2 Å². The van der Waals surface area contributed by atoms with E-state index in [9.17, 15) is 18.0 Å². The van der Waals surface area contributed by atoms with E-state index in [1.54, 1.807) is 43.6 Å². The zero-order valence-electron chi connectivity index (χ0n) is 35.6. The molecular weight excluding hydrogens is 781 g/mol. The van der Waals surface area contributed by atoms with Gasteiger partial charge in [0, 0.05) is 67.8 Å². The Morgan fingerprint density at radius 2 is 1.52 bits per heavy atom. The van der Waals surface area contributed by atoms with Gasteiger partial charge in [-0.2, -0.15) is 0 Å². The minimum atomic E-state index is -3.64. The lowest BCUT2D eigenvalue weighted by molar-refractivity contribution is 0.0972. The number of piperazine rings is 1. The smallest absolute Gasteiger partial charge is 0.323 e. The van der Waals surface area contributed by atoms with Gasteiger partial charge in [0.2, 0.25) is 10.0 Å². The molecule has 1 aromatic heterocycles. The first-order chi connectivity index (χ1) is 28.6. The number of Topliss-reactive ketones (excluding diaryl/α,β-unsaturated/α-hetero) is 1. The van der Waals surface area contributed by atoms with Crippen molar-refractivity contribution >= 4 is 49.7 Å². The monoisotopic (exact) mass is 836 g/mol. The van der Waals surface area contributed by atoms with Crippen LogP contribution in [0.2, 0.25) is 0 Å². The second-order valence-electron chi connectivity index (χ2n) is 16.3. The van der Waals surface area contributed by atoms with Gasteiger partial charge in [0.15, 0.2) is 11.5 Å². The number of ether oxygens (including phenoxy) is 3. The largest absolute Gasteiger partial charge is 0.496 e. The highest BCUT2D eigenvalue weighted by Gasteiger charge is 2.23. The molecule has 13 nitrogen and oxygen atoms in total. The average molecular weight is 837 g/mol. The van der Waals surface area contributed by atoms with E-state index in [1.807, 2.05) is 69.3 Å². The van der Waals surface area contributed by atoms with Crippen LogP contribution in [0, 0.1) is 0 Å². The SMILES string of the molecule is COc1cc(Cc2cc(Oc3ccc(NC(=O)Nc4cc(C(C)(C)C)cc(NS(C)(=O)=O)c4OC)c4ccccc34)ccn2)ccc1C(=O)CCCCN1CCN(C)CC1. The van der Waals surface area contributed by atoms with E-state index < -0.39 is 16.1 Å². The maximum atomic E-state index is 13.5. The first-order valence-corrected chi connectivity index (χ1v) is 22.0. The second-order valence-corrected chi connectivity index (χ2v) is 18.0. The number of hydrogen-bond acceptors (Lipinski definition) is 10. The molecule has 0 radical (unpaired) electrons. The number of unbranched alkanes of at least 4 members (excludes halogenated alkanes) is 1. The van der Waals surface area contributed by atoms with Crippen molar-refractivity contribution in [2.75, 3.05) is 75.6 Å². The van der Waals surface area contributed by atoms with Crippen LogP contribution < -0.4 is 29.6 Å². The van der Waals surface area contributed by atoms with Crippen LogP contribution in [0.15, 0.2) is 85.1 Å². The predicted molar refractivity (Wildman–Crippen MR) is 239 cm³/mol. The van der Waals surface area contributed by atoms with E-state index >= 15 is 0 Å². The Hall–Kier alpha value is -5.70. The number of benzene rings is 4. The van der Waals surface area contributed by atoms with Crippen molar-refractivity contribution in [3.63, 3.8) is 0 Å². The fraction of sp³-hybridized carbons (Fsp3) is 0.370. The molecule has 0 bridgehead atoms. The van der Waals surface area contributed by atoms with E-state index in [4.69, 9.17) is 14.2 Å². The fourth-order valence-electron chi connectivity index (χ4n) is 7.25. The van der Waals surface area contributed by atoms with E-state index in [-0.39, 0.29) is 22.6 Å². The highest BCUT2D eigenvalue weighted by molar-refractivity contribution is 7.92. The van der Waals surface area contributed by atoms with Crippen LogP contribution >= 0.6 is 0 Å². The number of rotatable bonds is 16. The molecule has 14 heteroatoms. The number of carbonyl (C=O) groups excluding carboxylic acids is 2. The van der Waals surface area contributed by atoms with Gasteiger partial charge in [-0.15, -0.1) is 0 Å². The van der Waals surface area contributed by atoms with Crippen molar-refractivity contribution in [2.24, 2.45) is 0 Å². The van der Waals surface area contributed by atoms with E-state index in [0.29, 0.717) is 47.0 Å². The summed E-state index contributed by atoms with van der Waals surface area (Å²) in [6.07, 6.45) is 5.58. The zero-order chi connectivity index (χ0) is 43.0. The van der Waals surface area contributed by atoms with Gasteiger partial charge in [-0.25, -0.2) is 13.2 Å². The van der Waals surface area contributed by atoms with Crippen LogP contribution in [0.5, 0.6) is 23.0 Å². The Morgan fingerprint density at radius 3 is 2.22 bits per heavy atom. The number of ketones is 1. The summed E-state index contributed by atoms with van der Waals surface area (Å²) in [6, 6.07) is 23.4. The molecular formula is C46H56N6O7S. The summed E-state index contributed by atoms with van der Waals surface area (Å²) in [7, 11) is 1.52. The molecule has 0 saturated carbocycles. The molecule has 4 aromatic carbocycles. The standard InChI is InChI=1S/C46H56N6O7S/c1-46(2,3)32-28-39(44(58-6)40(29-32)50-60(7,55)56)49-45(54)48-38-17-18-42(36-13-9-8-12-35(36)38)59-34-19-20-47-33(30-34)26-31-15-16-37(43(27-31)57-5)41(53)14-10-11-21-52-24-22-51(4)23-25-52/h8-9,12-13,15-20,27-30,50H,10-11,14,21-26H2,1-7H3,(H2,48,49,54). The van der Waals surface area contributed by atoms with Gasteiger partial charge in [-0.05, 0) is 85.4 Å². The molecule has 2 amide bonds. The third-order valence-corrected chi connectivity index (χ3v) is 11.1. The minimum Gasteiger partial charge on any atom is -0.496 e. The van der Waals surface area contributed by atoms with Crippen molar-refractivity contribution in [2.45, 2.75) is 51.9 Å². The van der Waals surface area contributed by atoms with Crippen LogP contribution in [-0.2, 0) is 21.9 Å². The van der Waals surface area contributed by atoms with Crippen LogP contribution in [0.3, 0.4) is 0 Å².